The molecule has 3 rings (SSSR count). The minimum Gasteiger partial charge on any atom is -0.494 e. The number of hydrogen-bond acceptors (Lipinski definition) is 5. The standard InChI is InChI=1S/C23H24O5/c1-4-5-12-26-19-9-7-17(8-10-19)23(25)27-14-18-13-21(24)28-22-16(3)15(2)6-11-20(18)22/h6-11,13H,4-5,12,14H2,1-3H3. The number of aryl methyl sites for hydroxylation is 2. The third-order valence-corrected chi connectivity index (χ3v) is 4.73. The summed E-state index contributed by atoms with van der Waals surface area (Å²) < 4.78 is 16.4. The molecule has 0 aliphatic carbocycles. The summed E-state index contributed by atoms with van der Waals surface area (Å²) >= 11 is 0. The smallest absolute Gasteiger partial charge is 0.338 e. The molecule has 1 aromatic heterocycles. The third-order valence-electron chi connectivity index (χ3n) is 4.73. The van der Waals surface area contributed by atoms with Crippen molar-refractivity contribution in [2.75, 3.05) is 6.61 Å². The Morgan fingerprint density at radius 3 is 2.54 bits per heavy atom. The van der Waals surface area contributed by atoms with Crippen LogP contribution in [-0.4, -0.2) is 12.6 Å². The molecule has 5 nitrogen and oxygen atoms in total. The maximum absolute atomic E-state index is 12.4. The number of hydrogen-bond donors (Lipinski definition) is 0. The second-order valence-corrected chi connectivity index (χ2v) is 6.78. The van der Waals surface area contributed by atoms with E-state index in [-0.39, 0.29) is 6.61 Å². The molecular formula is C23H24O5. The first-order valence-electron chi connectivity index (χ1n) is 9.42. The Hall–Kier alpha value is -3.08. The molecule has 5 heteroatoms. The number of esters is 1. The van der Waals surface area contributed by atoms with E-state index in [2.05, 4.69) is 6.92 Å². The highest BCUT2D eigenvalue weighted by molar-refractivity contribution is 5.90. The van der Waals surface area contributed by atoms with E-state index in [0.717, 1.165) is 35.1 Å². The van der Waals surface area contributed by atoms with Crippen molar-refractivity contribution in [1.82, 2.24) is 0 Å². The molecule has 0 saturated carbocycles. The molecule has 28 heavy (non-hydrogen) atoms. The van der Waals surface area contributed by atoms with Gasteiger partial charge in [-0.05, 0) is 55.7 Å². The van der Waals surface area contributed by atoms with Gasteiger partial charge in [0.2, 0.25) is 0 Å². The van der Waals surface area contributed by atoms with Gasteiger partial charge in [0.1, 0.15) is 17.9 Å². The molecule has 0 aliphatic heterocycles. The monoisotopic (exact) mass is 380 g/mol. The molecule has 2 aromatic carbocycles. The second kappa shape index (κ2) is 8.74. The summed E-state index contributed by atoms with van der Waals surface area (Å²) in [6.45, 7) is 6.61. The van der Waals surface area contributed by atoms with Crippen LogP contribution >= 0.6 is 0 Å². The molecule has 3 aromatic rings. The summed E-state index contributed by atoms with van der Waals surface area (Å²) in [5, 5.41) is 0.773. The number of carbonyl (C=O) groups excluding carboxylic acids is 1. The van der Waals surface area contributed by atoms with Gasteiger partial charge < -0.3 is 13.9 Å². The molecule has 0 radical (unpaired) electrons. The zero-order chi connectivity index (χ0) is 20.1. The van der Waals surface area contributed by atoms with Gasteiger partial charge in [0, 0.05) is 17.0 Å². The Kier molecular flexibility index (Phi) is 6.14. The zero-order valence-electron chi connectivity index (χ0n) is 16.4. The van der Waals surface area contributed by atoms with Crippen LogP contribution < -0.4 is 10.4 Å². The third kappa shape index (κ3) is 4.42. The van der Waals surface area contributed by atoms with Crippen molar-refractivity contribution < 1.29 is 18.7 Å². The summed E-state index contributed by atoms with van der Waals surface area (Å²) in [4.78, 5) is 24.3. The molecule has 0 fully saturated rings. The highest BCUT2D eigenvalue weighted by Crippen LogP contribution is 2.24. The predicted molar refractivity (Wildman–Crippen MR) is 108 cm³/mol. The fourth-order valence-corrected chi connectivity index (χ4v) is 2.89. The fraction of sp³-hybridized carbons (Fsp3) is 0.304. The van der Waals surface area contributed by atoms with E-state index in [1.54, 1.807) is 24.3 Å². The van der Waals surface area contributed by atoms with E-state index in [4.69, 9.17) is 13.9 Å². The maximum atomic E-state index is 12.4. The molecule has 0 atom stereocenters. The summed E-state index contributed by atoms with van der Waals surface area (Å²) in [6.07, 6.45) is 2.05. The van der Waals surface area contributed by atoms with Crippen molar-refractivity contribution in [1.29, 1.82) is 0 Å². The molecule has 1 heterocycles. The van der Waals surface area contributed by atoms with E-state index in [1.165, 1.54) is 6.07 Å². The number of ether oxygens (including phenoxy) is 2. The molecule has 0 aliphatic rings. The minimum atomic E-state index is -0.458. The summed E-state index contributed by atoms with van der Waals surface area (Å²) in [7, 11) is 0. The molecule has 0 saturated heterocycles. The second-order valence-electron chi connectivity index (χ2n) is 6.78. The van der Waals surface area contributed by atoms with Crippen LogP contribution in [0.1, 0.15) is 46.8 Å². The average Bonchev–Trinajstić information content (AvgIpc) is 2.69. The van der Waals surface area contributed by atoms with Crippen molar-refractivity contribution in [3.8, 4) is 5.75 Å². The van der Waals surface area contributed by atoms with Gasteiger partial charge in [-0.15, -0.1) is 0 Å². The molecule has 0 spiro atoms. The van der Waals surface area contributed by atoms with Crippen molar-refractivity contribution in [3.05, 3.63) is 75.1 Å². The van der Waals surface area contributed by atoms with Gasteiger partial charge in [-0.2, -0.15) is 0 Å². The van der Waals surface area contributed by atoms with Crippen LogP contribution in [0.3, 0.4) is 0 Å². The van der Waals surface area contributed by atoms with Crippen LogP contribution in [0.25, 0.3) is 11.0 Å². The van der Waals surface area contributed by atoms with Gasteiger partial charge in [-0.3, -0.25) is 0 Å². The Labute approximate surface area is 163 Å². The van der Waals surface area contributed by atoms with Crippen LogP contribution in [-0.2, 0) is 11.3 Å². The van der Waals surface area contributed by atoms with Crippen molar-refractivity contribution in [2.24, 2.45) is 0 Å². The first-order valence-corrected chi connectivity index (χ1v) is 9.42. The zero-order valence-corrected chi connectivity index (χ0v) is 16.4. The van der Waals surface area contributed by atoms with Gasteiger partial charge in [-0.1, -0.05) is 25.5 Å². The summed E-state index contributed by atoms with van der Waals surface area (Å²) in [5.41, 5.74) is 3.07. The fourth-order valence-electron chi connectivity index (χ4n) is 2.89. The highest BCUT2D eigenvalue weighted by atomic mass is 16.5. The molecule has 0 unspecified atom stereocenters. The lowest BCUT2D eigenvalue weighted by molar-refractivity contribution is 0.0474. The van der Waals surface area contributed by atoms with Gasteiger partial charge in [-0.25, -0.2) is 9.59 Å². The molecular weight excluding hydrogens is 356 g/mol. The van der Waals surface area contributed by atoms with Gasteiger partial charge >= 0.3 is 11.6 Å². The van der Waals surface area contributed by atoms with Crippen LogP contribution in [0, 0.1) is 13.8 Å². The van der Waals surface area contributed by atoms with E-state index < -0.39 is 11.6 Å². The van der Waals surface area contributed by atoms with Crippen LogP contribution in [0.4, 0.5) is 0 Å². The molecule has 146 valence electrons. The Morgan fingerprint density at radius 1 is 1.07 bits per heavy atom. The Balaban J connectivity index is 1.73. The first-order chi connectivity index (χ1) is 13.5. The van der Waals surface area contributed by atoms with E-state index >= 15 is 0 Å². The largest absolute Gasteiger partial charge is 0.494 e. The molecule has 0 amide bonds. The number of fused-ring (bicyclic) bond motifs is 1. The minimum absolute atomic E-state index is 0.00180. The summed E-state index contributed by atoms with van der Waals surface area (Å²) in [6, 6.07) is 12.1. The first kappa shape index (κ1) is 19.7. The Morgan fingerprint density at radius 2 is 1.82 bits per heavy atom. The van der Waals surface area contributed by atoms with Crippen LogP contribution in [0.5, 0.6) is 5.75 Å². The number of benzene rings is 2. The van der Waals surface area contributed by atoms with Gasteiger partial charge in [0.15, 0.2) is 0 Å². The lowest BCUT2D eigenvalue weighted by atomic mass is 10.0. The SMILES string of the molecule is CCCCOc1ccc(C(=O)OCc2cc(=O)oc3c(C)c(C)ccc23)cc1. The number of rotatable bonds is 7. The van der Waals surface area contributed by atoms with Crippen molar-refractivity contribution in [2.45, 2.75) is 40.2 Å². The van der Waals surface area contributed by atoms with Crippen LogP contribution in [0.2, 0.25) is 0 Å². The van der Waals surface area contributed by atoms with E-state index in [1.807, 2.05) is 26.0 Å². The highest BCUT2D eigenvalue weighted by Gasteiger charge is 2.13. The molecule has 0 bridgehead atoms. The lowest BCUT2D eigenvalue weighted by Crippen LogP contribution is -2.08. The Bertz CT molecular complexity index is 1030. The number of unbranched alkanes of at least 4 members (excludes halogenated alkanes) is 1. The van der Waals surface area contributed by atoms with Crippen LogP contribution in [0.15, 0.2) is 51.7 Å². The quantitative estimate of drug-likeness (QED) is 0.330. The van der Waals surface area contributed by atoms with Gasteiger partial charge in [0.25, 0.3) is 0 Å². The lowest BCUT2D eigenvalue weighted by Gasteiger charge is -2.10. The average molecular weight is 380 g/mol. The van der Waals surface area contributed by atoms with Crippen molar-refractivity contribution in [3.63, 3.8) is 0 Å². The normalized spacial score (nSPS) is 10.8. The van der Waals surface area contributed by atoms with Gasteiger partial charge in [0.05, 0.1) is 12.2 Å². The van der Waals surface area contributed by atoms with E-state index in [9.17, 15) is 9.59 Å². The van der Waals surface area contributed by atoms with Crippen molar-refractivity contribution >= 4 is 16.9 Å². The van der Waals surface area contributed by atoms with E-state index in [0.29, 0.717) is 23.3 Å². The summed E-state index contributed by atoms with van der Waals surface area (Å²) in [5.74, 6) is 0.271. The predicted octanol–water partition coefficient (Wildman–Crippen LogP) is 4.95. The molecule has 0 N–H and O–H groups in total. The topological polar surface area (TPSA) is 65.7 Å². The number of carbonyl (C=O) groups is 1. The maximum Gasteiger partial charge on any atom is 0.338 e.